The minimum Gasteiger partial charge on any atom is -0.376 e. The summed E-state index contributed by atoms with van der Waals surface area (Å²) in [5.74, 6) is 0.653. The number of piperidine rings is 1. The smallest absolute Gasteiger partial charge is 0.228 e. The average Bonchev–Trinajstić information content (AvgIpc) is 2.63. The molecule has 0 radical (unpaired) electrons. The second-order valence-electron chi connectivity index (χ2n) is 6.82. The minimum atomic E-state index is 0.190. The molecule has 0 unspecified atom stereocenters. The fraction of sp³-hybridized carbons (Fsp3) is 0.684. The van der Waals surface area contributed by atoms with Crippen molar-refractivity contribution in [2.75, 3.05) is 32.8 Å². The number of amides is 1. The zero-order valence-electron chi connectivity index (χ0n) is 14.9. The van der Waals surface area contributed by atoms with Crippen LogP contribution in [0.3, 0.4) is 0 Å². The molecule has 3 rings (SSSR count). The SMILES string of the molecule is CCN(CC)[C@@H]1CN(C(=O)Cc2ccccn2)C[C@@H]2CCCO[C@@H]21. The van der Waals surface area contributed by atoms with E-state index in [0.717, 1.165) is 51.3 Å². The Hall–Kier alpha value is -1.46. The van der Waals surface area contributed by atoms with E-state index >= 15 is 0 Å². The van der Waals surface area contributed by atoms with Gasteiger partial charge in [0.05, 0.1) is 18.6 Å². The van der Waals surface area contributed by atoms with Crippen molar-refractivity contribution in [1.82, 2.24) is 14.8 Å². The van der Waals surface area contributed by atoms with Crippen LogP contribution in [0.2, 0.25) is 0 Å². The van der Waals surface area contributed by atoms with Gasteiger partial charge in [-0.2, -0.15) is 0 Å². The second kappa shape index (κ2) is 8.08. The van der Waals surface area contributed by atoms with E-state index in [1.54, 1.807) is 6.20 Å². The monoisotopic (exact) mass is 331 g/mol. The molecule has 1 aromatic heterocycles. The minimum absolute atomic E-state index is 0.190. The Labute approximate surface area is 145 Å². The highest BCUT2D eigenvalue weighted by molar-refractivity contribution is 5.78. The van der Waals surface area contributed by atoms with Crippen molar-refractivity contribution in [2.24, 2.45) is 5.92 Å². The van der Waals surface area contributed by atoms with Gasteiger partial charge in [-0.1, -0.05) is 19.9 Å². The van der Waals surface area contributed by atoms with Crippen LogP contribution < -0.4 is 0 Å². The van der Waals surface area contributed by atoms with Gasteiger partial charge in [0.1, 0.15) is 0 Å². The molecule has 0 N–H and O–H groups in total. The first-order valence-corrected chi connectivity index (χ1v) is 9.26. The van der Waals surface area contributed by atoms with Crippen molar-refractivity contribution in [3.8, 4) is 0 Å². The summed E-state index contributed by atoms with van der Waals surface area (Å²) in [6, 6.07) is 6.06. The molecule has 0 aromatic carbocycles. The van der Waals surface area contributed by atoms with Crippen molar-refractivity contribution in [3.63, 3.8) is 0 Å². The molecule has 0 aliphatic carbocycles. The Morgan fingerprint density at radius 2 is 2.17 bits per heavy atom. The number of rotatable bonds is 5. The molecule has 0 saturated carbocycles. The van der Waals surface area contributed by atoms with E-state index in [0.29, 0.717) is 18.4 Å². The molecule has 0 bridgehead atoms. The topological polar surface area (TPSA) is 45.7 Å². The number of hydrogen-bond donors (Lipinski definition) is 0. The molecule has 0 spiro atoms. The van der Waals surface area contributed by atoms with Gasteiger partial charge in [-0.3, -0.25) is 14.7 Å². The molecule has 2 fully saturated rings. The lowest BCUT2D eigenvalue weighted by Crippen LogP contribution is -2.62. The normalized spacial score (nSPS) is 27.1. The fourth-order valence-corrected chi connectivity index (χ4v) is 4.16. The van der Waals surface area contributed by atoms with Crippen LogP contribution in [0.5, 0.6) is 0 Å². The molecule has 3 atom stereocenters. The lowest BCUT2D eigenvalue weighted by Gasteiger charge is -2.49. The number of likely N-dealkylation sites (N-methyl/N-ethyl adjacent to an activating group) is 1. The summed E-state index contributed by atoms with van der Waals surface area (Å²) in [7, 11) is 0. The van der Waals surface area contributed by atoms with E-state index in [-0.39, 0.29) is 12.0 Å². The highest BCUT2D eigenvalue weighted by atomic mass is 16.5. The number of aromatic nitrogens is 1. The Bertz CT molecular complexity index is 533. The zero-order valence-corrected chi connectivity index (χ0v) is 14.9. The summed E-state index contributed by atoms with van der Waals surface area (Å²) in [5, 5.41) is 0. The van der Waals surface area contributed by atoms with Crippen molar-refractivity contribution in [2.45, 2.75) is 45.3 Å². The first-order valence-electron chi connectivity index (χ1n) is 9.26. The predicted octanol–water partition coefficient (Wildman–Crippen LogP) is 1.97. The molecule has 24 heavy (non-hydrogen) atoms. The maximum atomic E-state index is 12.8. The Morgan fingerprint density at radius 3 is 2.88 bits per heavy atom. The van der Waals surface area contributed by atoms with E-state index in [1.165, 1.54) is 0 Å². The number of ether oxygens (including phenoxy) is 1. The van der Waals surface area contributed by atoms with Gasteiger partial charge in [-0.15, -0.1) is 0 Å². The summed E-state index contributed by atoms with van der Waals surface area (Å²) < 4.78 is 6.13. The second-order valence-corrected chi connectivity index (χ2v) is 6.82. The van der Waals surface area contributed by atoms with Gasteiger partial charge in [0.15, 0.2) is 0 Å². The number of nitrogens with zero attached hydrogens (tertiary/aromatic N) is 3. The lowest BCUT2D eigenvalue weighted by molar-refractivity contribution is -0.146. The molecule has 5 heteroatoms. The number of hydrogen-bond acceptors (Lipinski definition) is 4. The largest absolute Gasteiger partial charge is 0.376 e. The molecular weight excluding hydrogens is 302 g/mol. The van der Waals surface area contributed by atoms with Gasteiger partial charge < -0.3 is 9.64 Å². The number of likely N-dealkylation sites (tertiary alicyclic amines) is 1. The third kappa shape index (κ3) is 3.78. The lowest BCUT2D eigenvalue weighted by atomic mass is 9.84. The average molecular weight is 331 g/mol. The third-order valence-electron chi connectivity index (χ3n) is 5.43. The van der Waals surface area contributed by atoms with Gasteiger partial charge in [-0.25, -0.2) is 0 Å². The summed E-state index contributed by atoms with van der Waals surface area (Å²) >= 11 is 0. The van der Waals surface area contributed by atoms with Crippen molar-refractivity contribution >= 4 is 5.91 Å². The maximum Gasteiger partial charge on any atom is 0.228 e. The van der Waals surface area contributed by atoms with Crippen molar-refractivity contribution < 1.29 is 9.53 Å². The molecule has 1 aromatic rings. The highest BCUT2D eigenvalue weighted by Crippen LogP contribution is 2.31. The van der Waals surface area contributed by atoms with Crippen LogP contribution in [0.25, 0.3) is 0 Å². The number of fused-ring (bicyclic) bond motifs is 1. The van der Waals surface area contributed by atoms with Crippen molar-refractivity contribution in [3.05, 3.63) is 30.1 Å². The van der Waals surface area contributed by atoms with E-state index < -0.39 is 0 Å². The van der Waals surface area contributed by atoms with E-state index in [4.69, 9.17) is 4.74 Å². The summed E-state index contributed by atoms with van der Waals surface area (Å²) in [4.78, 5) is 21.6. The molecule has 2 aliphatic rings. The van der Waals surface area contributed by atoms with Crippen LogP contribution in [-0.4, -0.2) is 65.6 Å². The summed E-state index contributed by atoms with van der Waals surface area (Å²) in [6.45, 7) is 8.83. The summed E-state index contributed by atoms with van der Waals surface area (Å²) in [6.07, 6.45) is 4.69. The predicted molar refractivity (Wildman–Crippen MR) is 93.7 cm³/mol. The fourth-order valence-electron chi connectivity index (χ4n) is 4.16. The molecule has 5 nitrogen and oxygen atoms in total. The standard InChI is InChI=1S/C19H29N3O2/c1-3-21(4-2)17-14-22(13-15-8-7-11-24-19(15)17)18(23)12-16-9-5-6-10-20-16/h5-6,9-10,15,17,19H,3-4,7-8,11-14H2,1-2H3/t15-,17+,19-/m0/s1. The molecule has 132 valence electrons. The van der Waals surface area contributed by atoms with Gasteiger partial charge in [0.25, 0.3) is 0 Å². The van der Waals surface area contributed by atoms with E-state index in [9.17, 15) is 4.79 Å². The zero-order chi connectivity index (χ0) is 16.9. The first kappa shape index (κ1) is 17.4. The van der Waals surface area contributed by atoms with E-state index in [2.05, 4.69) is 23.7 Å². The number of carbonyl (C=O) groups is 1. The van der Waals surface area contributed by atoms with Crippen LogP contribution in [0, 0.1) is 5.92 Å². The van der Waals surface area contributed by atoms with Crippen LogP contribution in [0.1, 0.15) is 32.4 Å². The first-order chi connectivity index (χ1) is 11.7. The molecule has 2 aliphatic heterocycles. The molecule has 1 amide bonds. The van der Waals surface area contributed by atoms with Crippen molar-refractivity contribution in [1.29, 1.82) is 0 Å². The van der Waals surface area contributed by atoms with E-state index in [1.807, 2.05) is 23.1 Å². The van der Waals surface area contributed by atoms with Crippen LogP contribution >= 0.6 is 0 Å². The number of pyridine rings is 1. The molecule has 2 saturated heterocycles. The van der Waals surface area contributed by atoms with Crippen LogP contribution in [-0.2, 0) is 16.0 Å². The van der Waals surface area contributed by atoms with Gasteiger partial charge >= 0.3 is 0 Å². The van der Waals surface area contributed by atoms with Crippen LogP contribution in [0.4, 0.5) is 0 Å². The molecule has 3 heterocycles. The maximum absolute atomic E-state index is 12.8. The Morgan fingerprint density at radius 1 is 1.33 bits per heavy atom. The van der Waals surface area contributed by atoms with Gasteiger partial charge in [-0.05, 0) is 38.1 Å². The summed E-state index contributed by atoms with van der Waals surface area (Å²) in [5.41, 5.74) is 0.851. The Kier molecular flexibility index (Phi) is 5.85. The van der Waals surface area contributed by atoms with Gasteiger partial charge in [0, 0.05) is 37.5 Å². The van der Waals surface area contributed by atoms with Gasteiger partial charge in [0.2, 0.25) is 5.91 Å². The third-order valence-corrected chi connectivity index (χ3v) is 5.43. The highest BCUT2D eigenvalue weighted by Gasteiger charge is 2.42. The number of carbonyl (C=O) groups excluding carboxylic acids is 1. The Balaban J connectivity index is 1.72. The quantitative estimate of drug-likeness (QED) is 0.828. The van der Waals surface area contributed by atoms with Crippen LogP contribution in [0.15, 0.2) is 24.4 Å². The molecular formula is C19H29N3O2.